The van der Waals surface area contributed by atoms with Gasteiger partial charge in [-0.1, -0.05) is 0 Å². The van der Waals surface area contributed by atoms with Crippen LogP contribution in [0.5, 0.6) is 0 Å². The number of anilines is 3. The second-order valence-electron chi connectivity index (χ2n) is 6.03. The van der Waals surface area contributed by atoms with E-state index in [4.69, 9.17) is 4.42 Å². The van der Waals surface area contributed by atoms with E-state index in [0.717, 1.165) is 0 Å². The van der Waals surface area contributed by atoms with Crippen LogP contribution in [0.4, 0.5) is 21.8 Å². The summed E-state index contributed by atoms with van der Waals surface area (Å²) in [5.41, 5.74) is 0.671. The van der Waals surface area contributed by atoms with Gasteiger partial charge in [-0.3, -0.25) is 4.79 Å². The van der Waals surface area contributed by atoms with Crippen LogP contribution in [0, 0.1) is 5.82 Å². The molecule has 1 aromatic carbocycles. The van der Waals surface area contributed by atoms with Crippen LogP contribution in [0.2, 0.25) is 0 Å². The molecule has 3 aromatic rings. The van der Waals surface area contributed by atoms with Crippen molar-refractivity contribution >= 4 is 23.4 Å². The van der Waals surface area contributed by atoms with Gasteiger partial charge in [0, 0.05) is 31.9 Å². The van der Waals surface area contributed by atoms with Gasteiger partial charge >= 0.3 is 0 Å². The number of hydrogen-bond acceptors (Lipinski definition) is 7. The van der Waals surface area contributed by atoms with Crippen molar-refractivity contribution in [2.24, 2.45) is 0 Å². The molecule has 1 aliphatic heterocycles. The zero-order valence-corrected chi connectivity index (χ0v) is 14.4. The molecule has 0 aliphatic carbocycles. The summed E-state index contributed by atoms with van der Waals surface area (Å²) >= 11 is 0. The number of amides is 1. The summed E-state index contributed by atoms with van der Waals surface area (Å²) in [6.45, 7) is 2.37. The van der Waals surface area contributed by atoms with Crippen LogP contribution in [0.25, 0.3) is 0 Å². The number of carbonyl (C=O) groups is 1. The molecule has 138 valence electrons. The molecule has 1 aliphatic rings. The second-order valence-corrected chi connectivity index (χ2v) is 6.03. The van der Waals surface area contributed by atoms with Crippen molar-refractivity contribution < 1.29 is 13.6 Å². The van der Waals surface area contributed by atoms with Gasteiger partial charge < -0.3 is 19.5 Å². The maximum Gasteiger partial charge on any atom is 0.289 e. The fourth-order valence-corrected chi connectivity index (χ4v) is 2.86. The molecule has 1 N–H and O–H groups in total. The molecular weight excluding hydrogens is 351 g/mol. The van der Waals surface area contributed by atoms with Crippen LogP contribution in [-0.4, -0.2) is 52.2 Å². The van der Waals surface area contributed by atoms with E-state index in [9.17, 15) is 9.18 Å². The third-order valence-electron chi connectivity index (χ3n) is 4.27. The smallest absolute Gasteiger partial charge is 0.289 e. The summed E-state index contributed by atoms with van der Waals surface area (Å²) in [5, 5.41) is 10.9. The fraction of sp³-hybridized carbons (Fsp3) is 0.222. The Bertz CT molecular complexity index is 908. The monoisotopic (exact) mass is 368 g/mol. The molecule has 0 spiro atoms. The molecule has 0 radical (unpaired) electrons. The number of halogens is 1. The molecule has 1 fully saturated rings. The molecule has 1 saturated heterocycles. The van der Waals surface area contributed by atoms with Crippen LogP contribution < -0.4 is 10.2 Å². The first-order chi connectivity index (χ1) is 13.2. The van der Waals surface area contributed by atoms with Crippen LogP contribution in [0.3, 0.4) is 0 Å². The quantitative estimate of drug-likeness (QED) is 0.756. The minimum Gasteiger partial charge on any atom is -0.459 e. The van der Waals surface area contributed by atoms with Gasteiger partial charge in [-0.25, -0.2) is 4.39 Å². The minimum atomic E-state index is -0.310. The Morgan fingerprint density at radius 2 is 1.89 bits per heavy atom. The zero-order valence-electron chi connectivity index (χ0n) is 14.4. The molecule has 2 aromatic heterocycles. The van der Waals surface area contributed by atoms with E-state index < -0.39 is 0 Å². The number of benzene rings is 1. The molecule has 0 bridgehead atoms. The molecule has 0 unspecified atom stereocenters. The number of aromatic nitrogens is 3. The lowest BCUT2D eigenvalue weighted by molar-refractivity contribution is 0.0714. The molecule has 27 heavy (non-hydrogen) atoms. The SMILES string of the molecule is O=C(c1ccco1)N1CCN(c2cnnc(Nc3ccc(F)cc3)n2)CC1. The van der Waals surface area contributed by atoms with E-state index in [1.165, 1.54) is 18.4 Å². The van der Waals surface area contributed by atoms with Gasteiger partial charge in [0.15, 0.2) is 11.6 Å². The van der Waals surface area contributed by atoms with Crippen molar-refractivity contribution in [1.29, 1.82) is 0 Å². The van der Waals surface area contributed by atoms with E-state index in [1.54, 1.807) is 35.4 Å². The van der Waals surface area contributed by atoms with E-state index in [0.29, 0.717) is 49.4 Å². The van der Waals surface area contributed by atoms with Gasteiger partial charge in [-0.15, -0.1) is 5.10 Å². The highest BCUT2D eigenvalue weighted by Crippen LogP contribution is 2.18. The van der Waals surface area contributed by atoms with Gasteiger partial charge in [0.1, 0.15) is 5.82 Å². The molecular formula is C18H17FN6O2. The molecule has 4 rings (SSSR count). The summed E-state index contributed by atoms with van der Waals surface area (Å²) < 4.78 is 18.2. The zero-order chi connectivity index (χ0) is 18.6. The van der Waals surface area contributed by atoms with Crippen LogP contribution in [0.15, 0.2) is 53.3 Å². The summed E-state index contributed by atoms with van der Waals surface area (Å²) in [6.07, 6.45) is 3.07. The lowest BCUT2D eigenvalue weighted by Crippen LogP contribution is -2.49. The number of nitrogens with one attached hydrogen (secondary N) is 1. The van der Waals surface area contributed by atoms with E-state index in [2.05, 4.69) is 20.5 Å². The summed E-state index contributed by atoms with van der Waals surface area (Å²) in [7, 11) is 0. The molecule has 1 amide bonds. The van der Waals surface area contributed by atoms with Crippen molar-refractivity contribution in [3.05, 3.63) is 60.4 Å². The van der Waals surface area contributed by atoms with Crippen molar-refractivity contribution in [2.75, 3.05) is 36.4 Å². The van der Waals surface area contributed by atoms with Crippen LogP contribution in [0.1, 0.15) is 10.6 Å². The number of carbonyl (C=O) groups excluding carboxylic acids is 1. The third kappa shape index (κ3) is 3.86. The number of rotatable bonds is 4. The Morgan fingerprint density at radius 1 is 1.11 bits per heavy atom. The van der Waals surface area contributed by atoms with Gasteiger partial charge in [-0.2, -0.15) is 10.1 Å². The average molecular weight is 368 g/mol. The Hall–Kier alpha value is -3.49. The summed E-state index contributed by atoms with van der Waals surface area (Å²) in [4.78, 5) is 20.6. The Labute approximate surface area is 154 Å². The Morgan fingerprint density at radius 3 is 2.59 bits per heavy atom. The van der Waals surface area contributed by atoms with Crippen LogP contribution >= 0.6 is 0 Å². The fourth-order valence-electron chi connectivity index (χ4n) is 2.86. The van der Waals surface area contributed by atoms with Crippen molar-refractivity contribution in [1.82, 2.24) is 20.1 Å². The van der Waals surface area contributed by atoms with E-state index >= 15 is 0 Å². The first kappa shape index (κ1) is 17.0. The van der Waals surface area contributed by atoms with Crippen molar-refractivity contribution in [3.63, 3.8) is 0 Å². The predicted molar refractivity (Wildman–Crippen MR) is 96.3 cm³/mol. The predicted octanol–water partition coefficient (Wildman–Crippen LogP) is 2.31. The van der Waals surface area contributed by atoms with Gasteiger partial charge in [0.05, 0.1) is 12.5 Å². The first-order valence-electron chi connectivity index (χ1n) is 8.49. The lowest BCUT2D eigenvalue weighted by atomic mass is 10.3. The first-order valence-corrected chi connectivity index (χ1v) is 8.49. The minimum absolute atomic E-state index is 0.112. The highest BCUT2D eigenvalue weighted by atomic mass is 19.1. The van der Waals surface area contributed by atoms with Gasteiger partial charge in [-0.05, 0) is 36.4 Å². The van der Waals surface area contributed by atoms with E-state index in [1.807, 2.05) is 4.90 Å². The summed E-state index contributed by atoms with van der Waals surface area (Å²) in [5.74, 6) is 0.917. The highest BCUT2D eigenvalue weighted by molar-refractivity contribution is 5.91. The molecule has 9 heteroatoms. The van der Waals surface area contributed by atoms with Gasteiger partial charge in [0.2, 0.25) is 5.95 Å². The summed E-state index contributed by atoms with van der Waals surface area (Å²) in [6, 6.07) is 9.28. The van der Waals surface area contributed by atoms with Crippen molar-refractivity contribution in [2.45, 2.75) is 0 Å². The number of piperazine rings is 1. The Balaban J connectivity index is 1.40. The highest BCUT2D eigenvalue weighted by Gasteiger charge is 2.24. The van der Waals surface area contributed by atoms with Crippen molar-refractivity contribution in [3.8, 4) is 0 Å². The maximum absolute atomic E-state index is 13.0. The lowest BCUT2D eigenvalue weighted by Gasteiger charge is -2.34. The average Bonchev–Trinajstić information content (AvgIpc) is 3.24. The van der Waals surface area contributed by atoms with Gasteiger partial charge in [0.25, 0.3) is 5.91 Å². The standard InChI is InChI=1S/C18H17FN6O2/c19-13-3-5-14(6-4-13)21-18-22-16(12-20-23-18)24-7-9-25(10-8-24)17(26)15-2-1-11-27-15/h1-6,11-12H,7-10H2,(H,21,22,23). The number of hydrogen-bond donors (Lipinski definition) is 1. The largest absolute Gasteiger partial charge is 0.459 e. The number of nitrogens with zero attached hydrogens (tertiary/aromatic N) is 5. The Kier molecular flexibility index (Phi) is 4.65. The normalized spacial score (nSPS) is 14.3. The number of furan rings is 1. The topological polar surface area (TPSA) is 87.4 Å². The van der Waals surface area contributed by atoms with Crippen LogP contribution in [-0.2, 0) is 0 Å². The van der Waals surface area contributed by atoms with E-state index in [-0.39, 0.29) is 11.7 Å². The second kappa shape index (κ2) is 7.40. The third-order valence-corrected chi connectivity index (χ3v) is 4.27. The molecule has 0 atom stereocenters. The molecule has 8 nitrogen and oxygen atoms in total. The maximum atomic E-state index is 13.0. The molecule has 3 heterocycles. The molecule has 0 saturated carbocycles.